The van der Waals surface area contributed by atoms with Crippen LogP contribution in [0.3, 0.4) is 0 Å². The fraction of sp³-hybridized carbons (Fsp3) is 0. The number of nitrogens with two attached hydrogens (primary N) is 2. The second kappa shape index (κ2) is 22.4. The molecule has 0 spiro atoms. The molecular weight excluding hydrogens is 444 g/mol. The van der Waals surface area contributed by atoms with E-state index in [1.165, 1.54) is 0 Å². The molecule has 0 saturated carbocycles. The number of hydrazine groups is 1. The minimum Gasteiger partial charge on any atom is -0.822 e. The largest absolute Gasteiger partial charge is 4.00 e. The van der Waals surface area contributed by atoms with Crippen LogP contribution in [0.2, 0.25) is 0 Å². The molecular formula is C3H4N2O16P4. The van der Waals surface area contributed by atoms with Crippen LogP contribution in [0.15, 0.2) is 0 Å². The summed E-state index contributed by atoms with van der Waals surface area (Å²) >= 11 is 0. The predicted octanol–water partition coefficient (Wildman–Crippen LogP) is -12.2. The topological polar surface area (TPSA) is 397 Å². The van der Waals surface area contributed by atoms with Gasteiger partial charge in [-0.3, -0.25) is 11.7 Å². The van der Waals surface area contributed by atoms with Gasteiger partial charge in [0.15, 0.2) is 0 Å². The van der Waals surface area contributed by atoms with Gasteiger partial charge < -0.3 is 77.0 Å². The van der Waals surface area contributed by atoms with Crippen LogP contribution in [0.25, 0.3) is 0 Å². The molecule has 0 fully saturated rings. The Hall–Kier alpha value is 0.360. The zero-order valence-electron chi connectivity index (χ0n) is 11.0. The van der Waals surface area contributed by atoms with Crippen LogP contribution < -0.4 is 70.4 Å². The summed E-state index contributed by atoms with van der Waals surface area (Å²) in [7, 11) is -21.6. The Balaban J connectivity index is -0.0000000239. The van der Waals surface area contributed by atoms with Gasteiger partial charge in [0.05, 0.1) is 0 Å². The minimum absolute atomic E-state index is 0. The first-order valence-corrected chi connectivity index (χ1v) is 9.10. The summed E-state index contributed by atoms with van der Waals surface area (Å²) in [5, 5.41) is 0. The average molecular weight is 448 g/mol. The van der Waals surface area contributed by atoms with E-state index in [1.54, 1.807) is 0 Å². The summed E-state index contributed by atoms with van der Waals surface area (Å²) in [6.07, 6.45) is 0. The molecule has 0 unspecified atom stereocenters. The molecule has 0 atom stereocenters. The molecule has 25 heavy (non-hydrogen) atoms. The molecule has 0 bridgehead atoms. The van der Waals surface area contributed by atoms with E-state index < -0.39 is 31.3 Å². The molecule has 0 aliphatic heterocycles. The van der Waals surface area contributed by atoms with Crippen molar-refractivity contribution in [2.45, 2.75) is 0 Å². The first kappa shape index (κ1) is 49.9. The van der Waals surface area contributed by atoms with Crippen LogP contribution in [-0.2, 0) is 18.3 Å². The first-order valence-electron chi connectivity index (χ1n) is 3.25. The normalized spacial score (nSPS) is 9.68. The number of phosphoric acid groups is 4. The molecule has 0 amide bonds. The molecule has 0 saturated heterocycles. The average Bonchev–Trinajstić information content (AvgIpc) is 1.92. The zero-order valence-corrected chi connectivity index (χ0v) is 14.6. The number of hydrogen-bond acceptors (Lipinski definition) is 18. The van der Waals surface area contributed by atoms with Gasteiger partial charge in [-0.05, 0) is 0 Å². The van der Waals surface area contributed by atoms with Crippen molar-refractivity contribution in [1.82, 2.24) is 0 Å². The van der Waals surface area contributed by atoms with E-state index in [-0.39, 0.29) is 22.3 Å². The maximum absolute atomic E-state index is 8.55. The Morgan fingerprint density at radius 1 is 0.360 bits per heavy atom. The van der Waals surface area contributed by atoms with E-state index in [4.69, 9.17) is 77.0 Å². The molecule has 18 nitrogen and oxygen atoms in total. The van der Waals surface area contributed by atoms with E-state index in [2.05, 4.69) is 11.7 Å². The van der Waals surface area contributed by atoms with Crippen LogP contribution >= 0.6 is 31.3 Å². The Morgan fingerprint density at radius 2 is 0.360 bits per heavy atom. The number of rotatable bonds is 0. The van der Waals surface area contributed by atoms with E-state index >= 15 is 0 Å². The van der Waals surface area contributed by atoms with Crippen molar-refractivity contribution < 1.29 is 77.0 Å². The summed E-state index contributed by atoms with van der Waals surface area (Å²) in [6.45, 7) is 0. The van der Waals surface area contributed by atoms with Gasteiger partial charge in [0.2, 0.25) is 0 Å². The van der Waals surface area contributed by atoms with Gasteiger partial charge in [-0.1, -0.05) is 0 Å². The summed E-state index contributed by atoms with van der Waals surface area (Å²) in [5.41, 5.74) is 0. The third kappa shape index (κ3) is 94000. The molecule has 4 N–H and O–H groups in total. The van der Waals surface area contributed by atoms with Crippen LogP contribution in [0, 0.1) is 22.3 Å². The van der Waals surface area contributed by atoms with Crippen molar-refractivity contribution in [2.75, 3.05) is 0 Å². The van der Waals surface area contributed by atoms with Crippen molar-refractivity contribution in [3.05, 3.63) is 22.3 Å². The maximum atomic E-state index is 8.55. The predicted molar refractivity (Wildman–Crippen MR) is 48.5 cm³/mol. The van der Waals surface area contributed by atoms with Gasteiger partial charge in [-0.15, -0.1) is 0 Å². The van der Waals surface area contributed by atoms with Gasteiger partial charge in [0.1, 0.15) is 0 Å². The van der Waals surface area contributed by atoms with Gasteiger partial charge in [0, 0.05) is 0 Å². The van der Waals surface area contributed by atoms with Crippen molar-refractivity contribution in [3.63, 3.8) is 0 Å². The third-order valence-electron chi connectivity index (χ3n) is 0. The van der Waals surface area contributed by atoms with Crippen LogP contribution in [0.5, 0.6) is 0 Å². The van der Waals surface area contributed by atoms with Crippen molar-refractivity contribution in [3.8, 4) is 0 Å². The van der Waals surface area contributed by atoms with Crippen LogP contribution in [0.4, 0.5) is 0 Å². The van der Waals surface area contributed by atoms with E-state index in [0.29, 0.717) is 0 Å². The Morgan fingerprint density at radius 3 is 0.360 bits per heavy atom. The van der Waals surface area contributed by atoms with E-state index in [1.807, 2.05) is 0 Å². The monoisotopic (exact) mass is 448 g/mol. The minimum atomic E-state index is -5.39. The van der Waals surface area contributed by atoms with Crippen molar-refractivity contribution in [1.29, 1.82) is 0 Å². The SMILES string of the molecule is NN.O=P([O-])([O-])[O-].O=P([O-])([O-])[O-].O=P([O-])([O-])[O-].O=P([O-])([O-])[O-].[C+4].[C+4].[C+4]. The second-order valence-electron chi connectivity index (χ2n) is 1.79. The van der Waals surface area contributed by atoms with E-state index in [9.17, 15) is 0 Å². The first-order chi connectivity index (χ1) is 9.00. The summed E-state index contributed by atoms with van der Waals surface area (Å²) in [6, 6.07) is 0. The molecule has 142 valence electrons. The fourth-order valence-corrected chi connectivity index (χ4v) is 0. The van der Waals surface area contributed by atoms with Gasteiger partial charge in [-0.25, -0.2) is 0 Å². The fourth-order valence-electron chi connectivity index (χ4n) is 0. The standard InChI is InChI=1S/3C.H4N2.4H3O4P/c;;;1-2;4*1-5(2,3)4/h;;;1-2H2;4*(H3,1,2,3,4)/q3*+4;;;;;/p-12. The molecule has 0 heterocycles. The van der Waals surface area contributed by atoms with Crippen LogP contribution in [0.1, 0.15) is 0 Å². The van der Waals surface area contributed by atoms with E-state index in [0.717, 1.165) is 0 Å². The Kier molecular flexibility index (Phi) is 44.7. The molecule has 0 aromatic carbocycles. The Labute approximate surface area is 143 Å². The maximum Gasteiger partial charge on any atom is 4.00 e. The van der Waals surface area contributed by atoms with Crippen LogP contribution in [-0.4, -0.2) is 0 Å². The number of hydrogen-bond donors (Lipinski definition) is 2. The second-order valence-corrected chi connectivity index (χ2v) is 5.37. The molecule has 0 aliphatic rings. The van der Waals surface area contributed by atoms with Gasteiger partial charge >= 0.3 is 22.3 Å². The smallest absolute Gasteiger partial charge is 0.822 e. The molecule has 0 aliphatic carbocycles. The molecule has 0 radical (unpaired) electrons. The summed E-state index contributed by atoms with van der Waals surface area (Å²) in [4.78, 5) is 103. The third-order valence-corrected chi connectivity index (χ3v) is 0. The Bertz CT molecular complexity index is 302. The van der Waals surface area contributed by atoms with Crippen molar-refractivity contribution >= 4 is 31.3 Å². The van der Waals surface area contributed by atoms with Gasteiger partial charge in [0.25, 0.3) is 0 Å². The summed E-state index contributed by atoms with van der Waals surface area (Å²) in [5.74, 6) is 8.00. The molecule has 0 rings (SSSR count). The summed E-state index contributed by atoms with van der Waals surface area (Å²) < 4.78 is 34.2. The van der Waals surface area contributed by atoms with Gasteiger partial charge in [-0.2, -0.15) is 31.3 Å². The molecule has 22 heteroatoms. The molecule has 0 aromatic heterocycles. The van der Waals surface area contributed by atoms with Crippen molar-refractivity contribution in [2.24, 2.45) is 11.7 Å². The molecule has 0 aromatic rings. The quantitative estimate of drug-likeness (QED) is 0.197. The zero-order chi connectivity index (χ0) is 20.0.